The van der Waals surface area contributed by atoms with E-state index in [0.717, 1.165) is 31.4 Å². The van der Waals surface area contributed by atoms with Crippen LogP contribution >= 0.6 is 24.8 Å². The average molecular weight is 332 g/mol. The molecule has 1 saturated heterocycles. The molecule has 114 valence electrons. The van der Waals surface area contributed by atoms with Crippen molar-refractivity contribution in [1.82, 2.24) is 15.6 Å². The van der Waals surface area contributed by atoms with Gasteiger partial charge in [-0.05, 0) is 12.1 Å². The molecule has 0 atom stereocenters. The smallest absolute Gasteiger partial charge is 0.352 e. The maximum Gasteiger partial charge on any atom is 0.433 e. The Bertz CT molecular complexity index is 436. The minimum absolute atomic E-state index is 0. The topological polar surface area (TPSA) is 54.0 Å². The Kier molecular flexibility index (Phi) is 7.26. The summed E-state index contributed by atoms with van der Waals surface area (Å²) in [6.45, 7) is 2.23. The van der Waals surface area contributed by atoms with Gasteiger partial charge in [-0.25, -0.2) is 0 Å². The molecular formula is C11H14Cl2F3N3O. The van der Waals surface area contributed by atoms with Crippen molar-refractivity contribution < 1.29 is 18.0 Å². The second-order valence-electron chi connectivity index (χ2n) is 4.16. The Morgan fingerprint density at radius 2 is 2.00 bits per heavy atom. The maximum atomic E-state index is 12.3. The first-order chi connectivity index (χ1) is 8.47. The molecule has 1 aliphatic heterocycles. The summed E-state index contributed by atoms with van der Waals surface area (Å²) in [6, 6.07) is 1.93. The minimum atomic E-state index is -4.48. The number of amides is 1. The summed E-state index contributed by atoms with van der Waals surface area (Å²) in [5.74, 6) is -0.000480. The number of nitrogens with zero attached hydrogens (tertiary/aromatic N) is 1. The number of hydrogen-bond donors (Lipinski definition) is 2. The van der Waals surface area contributed by atoms with Crippen molar-refractivity contribution in [3.05, 3.63) is 29.6 Å². The highest BCUT2D eigenvalue weighted by molar-refractivity contribution is 5.93. The lowest BCUT2D eigenvalue weighted by Gasteiger charge is -2.27. The Morgan fingerprint density at radius 1 is 1.35 bits per heavy atom. The summed E-state index contributed by atoms with van der Waals surface area (Å²) in [7, 11) is 0. The number of carbonyl (C=O) groups is 1. The van der Waals surface area contributed by atoms with Gasteiger partial charge in [-0.2, -0.15) is 13.2 Å². The summed E-state index contributed by atoms with van der Waals surface area (Å²) >= 11 is 0. The Hall–Kier alpha value is -1.05. The van der Waals surface area contributed by atoms with Crippen LogP contribution in [0.25, 0.3) is 0 Å². The first-order valence-electron chi connectivity index (χ1n) is 5.49. The molecule has 2 heterocycles. The molecule has 1 aromatic heterocycles. The first-order valence-corrected chi connectivity index (χ1v) is 5.49. The van der Waals surface area contributed by atoms with E-state index in [2.05, 4.69) is 15.6 Å². The molecule has 1 aliphatic rings. The molecule has 0 aliphatic carbocycles. The predicted octanol–water partition coefficient (Wildman–Crippen LogP) is 1.89. The zero-order valence-corrected chi connectivity index (χ0v) is 11.9. The molecule has 1 fully saturated rings. The van der Waals surface area contributed by atoms with E-state index in [4.69, 9.17) is 0 Å². The molecule has 0 saturated carbocycles. The zero-order chi connectivity index (χ0) is 13.2. The summed E-state index contributed by atoms with van der Waals surface area (Å²) in [4.78, 5) is 14.8. The van der Waals surface area contributed by atoms with Gasteiger partial charge in [0.15, 0.2) is 0 Å². The molecule has 2 N–H and O–H groups in total. The Morgan fingerprint density at radius 3 is 2.40 bits per heavy atom. The van der Waals surface area contributed by atoms with Crippen LogP contribution < -0.4 is 10.6 Å². The molecule has 0 unspecified atom stereocenters. The number of rotatable bonds is 3. The van der Waals surface area contributed by atoms with Gasteiger partial charge in [-0.15, -0.1) is 24.8 Å². The molecule has 0 spiro atoms. The molecule has 1 amide bonds. The van der Waals surface area contributed by atoms with E-state index in [1.54, 1.807) is 0 Å². The van der Waals surface area contributed by atoms with E-state index < -0.39 is 17.8 Å². The van der Waals surface area contributed by atoms with Gasteiger partial charge in [0.25, 0.3) is 5.91 Å². The van der Waals surface area contributed by atoms with Crippen LogP contribution in [-0.4, -0.2) is 30.5 Å². The molecular weight excluding hydrogens is 318 g/mol. The molecule has 0 aromatic carbocycles. The van der Waals surface area contributed by atoms with Gasteiger partial charge in [0.2, 0.25) is 0 Å². The fourth-order valence-electron chi connectivity index (χ4n) is 1.53. The lowest BCUT2D eigenvalue weighted by Crippen LogP contribution is -2.48. The summed E-state index contributed by atoms with van der Waals surface area (Å²) in [5, 5.41) is 5.72. The molecule has 1 aromatic rings. The molecule has 0 radical (unpaired) electrons. The van der Waals surface area contributed by atoms with Crippen LogP contribution in [-0.2, 0) is 6.18 Å². The van der Waals surface area contributed by atoms with Gasteiger partial charge in [-0.3, -0.25) is 9.78 Å². The number of alkyl halides is 3. The van der Waals surface area contributed by atoms with Gasteiger partial charge in [0.05, 0.1) is 5.56 Å². The lowest BCUT2D eigenvalue weighted by molar-refractivity contribution is -0.141. The van der Waals surface area contributed by atoms with E-state index >= 15 is 0 Å². The third kappa shape index (κ3) is 4.81. The number of hydrogen-bond acceptors (Lipinski definition) is 3. The number of aromatic nitrogens is 1. The summed E-state index contributed by atoms with van der Waals surface area (Å²) < 4.78 is 36.8. The van der Waals surface area contributed by atoms with Crippen molar-refractivity contribution in [3.63, 3.8) is 0 Å². The third-order valence-electron chi connectivity index (χ3n) is 2.73. The number of halogens is 5. The van der Waals surface area contributed by atoms with E-state index in [-0.39, 0.29) is 30.4 Å². The van der Waals surface area contributed by atoms with Crippen molar-refractivity contribution in [1.29, 1.82) is 0 Å². The third-order valence-corrected chi connectivity index (χ3v) is 2.73. The Labute approximate surface area is 126 Å². The quantitative estimate of drug-likeness (QED) is 0.889. The SMILES string of the molecule is Cl.Cl.O=C(NCC1CNC1)c1ccc(C(F)(F)F)nc1. The van der Waals surface area contributed by atoms with Gasteiger partial charge < -0.3 is 10.6 Å². The molecule has 9 heteroatoms. The largest absolute Gasteiger partial charge is 0.433 e. The van der Waals surface area contributed by atoms with Crippen molar-refractivity contribution in [3.8, 4) is 0 Å². The van der Waals surface area contributed by atoms with E-state index in [9.17, 15) is 18.0 Å². The van der Waals surface area contributed by atoms with E-state index in [1.165, 1.54) is 0 Å². The van der Waals surface area contributed by atoms with Crippen LogP contribution in [0.15, 0.2) is 18.3 Å². The molecule has 2 rings (SSSR count). The first kappa shape index (κ1) is 18.9. The highest BCUT2D eigenvalue weighted by atomic mass is 35.5. The number of carbonyl (C=O) groups excluding carboxylic acids is 1. The van der Waals surface area contributed by atoms with Crippen LogP contribution in [0.1, 0.15) is 16.1 Å². The van der Waals surface area contributed by atoms with Crippen LogP contribution in [0.5, 0.6) is 0 Å². The summed E-state index contributed by atoms with van der Waals surface area (Å²) in [6.07, 6.45) is -3.54. The zero-order valence-electron chi connectivity index (χ0n) is 10.2. The van der Waals surface area contributed by atoms with Crippen LogP contribution in [0.3, 0.4) is 0 Å². The minimum Gasteiger partial charge on any atom is -0.352 e. The molecule has 20 heavy (non-hydrogen) atoms. The van der Waals surface area contributed by atoms with Gasteiger partial charge in [-0.1, -0.05) is 0 Å². The van der Waals surface area contributed by atoms with Crippen LogP contribution in [0.4, 0.5) is 13.2 Å². The van der Waals surface area contributed by atoms with Crippen molar-refractivity contribution in [2.75, 3.05) is 19.6 Å². The fourth-order valence-corrected chi connectivity index (χ4v) is 1.53. The van der Waals surface area contributed by atoms with E-state index in [1.807, 2.05) is 0 Å². The average Bonchev–Trinajstić information content (AvgIpc) is 2.26. The van der Waals surface area contributed by atoms with Crippen LogP contribution in [0.2, 0.25) is 0 Å². The highest BCUT2D eigenvalue weighted by Gasteiger charge is 2.32. The fraction of sp³-hybridized carbons (Fsp3) is 0.455. The van der Waals surface area contributed by atoms with E-state index in [0.29, 0.717) is 12.5 Å². The predicted molar refractivity (Wildman–Crippen MR) is 72.4 cm³/mol. The van der Waals surface area contributed by atoms with Crippen molar-refractivity contribution in [2.24, 2.45) is 5.92 Å². The second kappa shape index (κ2) is 7.66. The van der Waals surface area contributed by atoms with Gasteiger partial charge >= 0.3 is 6.18 Å². The normalized spacial score (nSPS) is 14.6. The summed E-state index contributed by atoms with van der Waals surface area (Å²) in [5.41, 5.74) is -0.863. The lowest BCUT2D eigenvalue weighted by atomic mass is 10.0. The van der Waals surface area contributed by atoms with Crippen LogP contribution in [0, 0.1) is 5.92 Å². The maximum absolute atomic E-state index is 12.3. The van der Waals surface area contributed by atoms with Gasteiger partial charge in [0.1, 0.15) is 5.69 Å². The second-order valence-corrected chi connectivity index (χ2v) is 4.16. The molecule has 0 bridgehead atoms. The number of nitrogens with one attached hydrogen (secondary N) is 2. The molecule has 4 nitrogen and oxygen atoms in total. The Balaban J connectivity index is 0.00000180. The van der Waals surface area contributed by atoms with Crippen molar-refractivity contribution in [2.45, 2.75) is 6.18 Å². The highest BCUT2D eigenvalue weighted by Crippen LogP contribution is 2.27. The van der Waals surface area contributed by atoms with Crippen molar-refractivity contribution >= 4 is 30.7 Å². The monoisotopic (exact) mass is 331 g/mol. The van der Waals surface area contributed by atoms with Gasteiger partial charge in [0, 0.05) is 31.7 Å². The standard InChI is InChI=1S/C11H12F3N3O.2ClH/c12-11(13,14)9-2-1-8(6-16-9)10(18)17-5-7-3-15-4-7;;/h1-2,6-7,15H,3-5H2,(H,17,18);2*1H. The number of pyridine rings is 1.